The van der Waals surface area contributed by atoms with Gasteiger partial charge in [0, 0.05) is 17.1 Å². The second-order valence-corrected chi connectivity index (χ2v) is 3.83. The second-order valence-electron chi connectivity index (χ2n) is 3.45. The van der Waals surface area contributed by atoms with Crippen LogP contribution in [-0.4, -0.2) is 22.2 Å². The Labute approximate surface area is 98.9 Å². The Morgan fingerprint density at radius 1 is 1.44 bits per heavy atom. The van der Waals surface area contributed by atoms with Crippen LogP contribution < -0.4 is 5.73 Å². The maximum atomic E-state index is 9.82. The summed E-state index contributed by atoms with van der Waals surface area (Å²) in [6, 6.07) is 6.51. The fourth-order valence-electron chi connectivity index (χ4n) is 1.41. The molecule has 4 nitrogen and oxygen atoms in total. The summed E-state index contributed by atoms with van der Waals surface area (Å²) >= 11 is 5.47. The topological polar surface area (TPSA) is 90.3 Å². The number of hydrogen-bond donors (Lipinski definition) is 3. The van der Waals surface area contributed by atoms with Crippen molar-refractivity contribution in [2.45, 2.75) is 18.6 Å². The van der Waals surface area contributed by atoms with Gasteiger partial charge >= 0.3 is 0 Å². The molecule has 0 spiro atoms. The van der Waals surface area contributed by atoms with Crippen molar-refractivity contribution in [3.63, 3.8) is 0 Å². The summed E-state index contributed by atoms with van der Waals surface area (Å²) in [4.78, 5) is 0. The van der Waals surface area contributed by atoms with Crippen molar-refractivity contribution < 1.29 is 10.2 Å². The van der Waals surface area contributed by atoms with E-state index in [9.17, 15) is 10.2 Å². The largest absolute Gasteiger partial charge is 0.399 e. The predicted octanol–water partition coefficient (Wildman–Crippen LogP) is 1.16. The van der Waals surface area contributed by atoms with Crippen molar-refractivity contribution in [2.75, 3.05) is 11.6 Å². The first-order valence-corrected chi connectivity index (χ1v) is 5.35. The molecule has 0 aliphatic carbocycles. The standard InChI is InChI=1S/C11H13ClN2O2/c12-4-3-10(15)11(16)9-2-1-8(14)5-7(9)6-13/h1-2,5,10-11,15-16H,3-4,14H2. The van der Waals surface area contributed by atoms with E-state index < -0.39 is 12.2 Å². The average Bonchev–Trinajstić information content (AvgIpc) is 2.28. The molecular weight excluding hydrogens is 228 g/mol. The van der Waals surface area contributed by atoms with Crippen LogP contribution in [0.3, 0.4) is 0 Å². The fraction of sp³-hybridized carbons (Fsp3) is 0.364. The Balaban J connectivity index is 2.99. The number of nitrogens with zero attached hydrogens (tertiary/aromatic N) is 1. The zero-order valence-corrected chi connectivity index (χ0v) is 9.35. The van der Waals surface area contributed by atoms with E-state index >= 15 is 0 Å². The van der Waals surface area contributed by atoms with Gasteiger partial charge in [-0.15, -0.1) is 11.6 Å². The minimum absolute atomic E-state index is 0.245. The molecule has 1 aromatic rings. The lowest BCUT2D eigenvalue weighted by Gasteiger charge is -2.18. The molecule has 5 heteroatoms. The normalized spacial score (nSPS) is 14.1. The molecule has 0 fully saturated rings. The molecule has 2 atom stereocenters. The van der Waals surface area contributed by atoms with E-state index in [0.717, 1.165) is 0 Å². The third kappa shape index (κ3) is 2.86. The highest BCUT2D eigenvalue weighted by Gasteiger charge is 2.20. The molecule has 0 aromatic heterocycles. The van der Waals surface area contributed by atoms with Gasteiger partial charge in [-0.05, 0) is 18.6 Å². The molecule has 4 N–H and O–H groups in total. The first kappa shape index (κ1) is 12.8. The van der Waals surface area contributed by atoms with E-state index in [0.29, 0.717) is 11.3 Å². The smallest absolute Gasteiger partial charge is 0.106 e. The van der Waals surface area contributed by atoms with E-state index in [4.69, 9.17) is 22.6 Å². The number of halogens is 1. The average molecular weight is 241 g/mol. The zero-order valence-electron chi connectivity index (χ0n) is 8.60. The minimum atomic E-state index is -1.12. The summed E-state index contributed by atoms with van der Waals surface area (Å²) in [5.74, 6) is 0.245. The van der Waals surface area contributed by atoms with Crippen LogP contribution >= 0.6 is 11.6 Å². The van der Waals surface area contributed by atoms with Gasteiger partial charge in [0.15, 0.2) is 0 Å². The van der Waals surface area contributed by atoms with Gasteiger partial charge in [0.05, 0.1) is 17.7 Å². The molecule has 0 aliphatic heterocycles. The summed E-state index contributed by atoms with van der Waals surface area (Å²) in [6.45, 7) is 0. The molecule has 0 aliphatic rings. The quantitative estimate of drug-likeness (QED) is 0.544. The highest BCUT2D eigenvalue weighted by Crippen LogP contribution is 2.24. The second kappa shape index (κ2) is 5.71. The van der Waals surface area contributed by atoms with Crippen LogP contribution in [0.4, 0.5) is 5.69 Å². The van der Waals surface area contributed by atoms with Gasteiger partial charge < -0.3 is 15.9 Å². The Bertz CT molecular complexity index is 403. The molecule has 0 amide bonds. The number of aliphatic hydroxyl groups is 2. The molecule has 16 heavy (non-hydrogen) atoms. The lowest BCUT2D eigenvalue weighted by molar-refractivity contribution is 0.0168. The maximum absolute atomic E-state index is 9.82. The van der Waals surface area contributed by atoms with Gasteiger partial charge in [-0.3, -0.25) is 0 Å². The van der Waals surface area contributed by atoms with Crippen LogP contribution in [0.1, 0.15) is 23.7 Å². The predicted molar refractivity (Wildman–Crippen MR) is 61.9 cm³/mol. The number of hydrogen-bond acceptors (Lipinski definition) is 4. The first-order valence-electron chi connectivity index (χ1n) is 4.81. The molecule has 0 radical (unpaired) electrons. The number of anilines is 1. The van der Waals surface area contributed by atoms with Crippen LogP contribution in [0.15, 0.2) is 18.2 Å². The number of aliphatic hydroxyl groups excluding tert-OH is 2. The lowest BCUT2D eigenvalue weighted by Crippen LogP contribution is -2.19. The summed E-state index contributed by atoms with van der Waals surface area (Å²) in [7, 11) is 0. The molecule has 0 saturated carbocycles. The van der Waals surface area contributed by atoms with Crippen molar-refractivity contribution in [1.82, 2.24) is 0 Å². The lowest BCUT2D eigenvalue weighted by atomic mass is 9.97. The van der Waals surface area contributed by atoms with Crippen LogP contribution in [0.5, 0.6) is 0 Å². The van der Waals surface area contributed by atoms with Gasteiger partial charge in [0.1, 0.15) is 6.10 Å². The van der Waals surface area contributed by atoms with Gasteiger partial charge in [-0.1, -0.05) is 6.07 Å². The molecule has 0 saturated heterocycles. The van der Waals surface area contributed by atoms with Gasteiger partial charge in [-0.2, -0.15) is 5.26 Å². The highest BCUT2D eigenvalue weighted by atomic mass is 35.5. The molecule has 0 heterocycles. The summed E-state index contributed by atoms with van der Waals surface area (Å²) in [5, 5.41) is 28.3. The Morgan fingerprint density at radius 2 is 2.12 bits per heavy atom. The van der Waals surface area contributed by atoms with Gasteiger partial charge in [0.2, 0.25) is 0 Å². The molecule has 2 unspecified atom stereocenters. The number of benzene rings is 1. The van der Waals surface area contributed by atoms with Crippen LogP contribution in [-0.2, 0) is 0 Å². The number of nitrogen functional groups attached to an aromatic ring is 1. The SMILES string of the molecule is N#Cc1cc(N)ccc1C(O)C(O)CCCl. The van der Waals surface area contributed by atoms with E-state index in [1.807, 2.05) is 6.07 Å². The number of nitrogens with two attached hydrogens (primary N) is 1. The molecule has 86 valence electrons. The Morgan fingerprint density at radius 3 is 2.69 bits per heavy atom. The summed E-state index contributed by atoms with van der Waals surface area (Å²) in [6.07, 6.45) is -1.83. The molecule has 1 aromatic carbocycles. The Hall–Kier alpha value is -1.28. The summed E-state index contributed by atoms with van der Waals surface area (Å²) in [5.41, 5.74) is 6.60. The van der Waals surface area contributed by atoms with Gasteiger partial charge in [0.25, 0.3) is 0 Å². The van der Waals surface area contributed by atoms with Crippen LogP contribution in [0.2, 0.25) is 0 Å². The molecule has 1 rings (SSSR count). The van der Waals surface area contributed by atoms with Crippen molar-refractivity contribution >= 4 is 17.3 Å². The number of alkyl halides is 1. The van der Waals surface area contributed by atoms with E-state index in [-0.39, 0.29) is 17.9 Å². The first-order chi connectivity index (χ1) is 7.60. The van der Waals surface area contributed by atoms with E-state index in [1.165, 1.54) is 12.1 Å². The Kier molecular flexibility index (Phi) is 4.56. The highest BCUT2D eigenvalue weighted by molar-refractivity contribution is 6.17. The zero-order chi connectivity index (χ0) is 12.1. The van der Waals surface area contributed by atoms with E-state index in [1.54, 1.807) is 6.07 Å². The maximum Gasteiger partial charge on any atom is 0.106 e. The fourth-order valence-corrected chi connectivity index (χ4v) is 1.63. The van der Waals surface area contributed by atoms with Crippen molar-refractivity contribution in [3.05, 3.63) is 29.3 Å². The van der Waals surface area contributed by atoms with Crippen molar-refractivity contribution in [3.8, 4) is 6.07 Å². The van der Waals surface area contributed by atoms with Gasteiger partial charge in [-0.25, -0.2) is 0 Å². The third-order valence-electron chi connectivity index (χ3n) is 2.29. The monoisotopic (exact) mass is 240 g/mol. The van der Waals surface area contributed by atoms with Crippen molar-refractivity contribution in [2.24, 2.45) is 0 Å². The third-order valence-corrected chi connectivity index (χ3v) is 2.50. The minimum Gasteiger partial charge on any atom is -0.399 e. The van der Waals surface area contributed by atoms with Crippen LogP contribution in [0.25, 0.3) is 0 Å². The summed E-state index contributed by atoms with van der Waals surface area (Å²) < 4.78 is 0. The molecule has 0 bridgehead atoms. The molecular formula is C11H13ClN2O2. The van der Waals surface area contributed by atoms with E-state index in [2.05, 4.69) is 0 Å². The number of rotatable bonds is 4. The van der Waals surface area contributed by atoms with Crippen LogP contribution in [0, 0.1) is 11.3 Å². The van der Waals surface area contributed by atoms with Crippen molar-refractivity contribution in [1.29, 1.82) is 5.26 Å². The number of nitriles is 1.